The molecule has 102 valence electrons. The Kier molecular flexibility index (Phi) is 5.27. The molecule has 1 unspecified atom stereocenters. The summed E-state index contributed by atoms with van der Waals surface area (Å²) in [5.74, 6) is 0.654. The Labute approximate surface area is 107 Å². The topological polar surface area (TPSA) is 88.2 Å². The normalized spacial score (nSPS) is 12.9. The maximum absolute atomic E-state index is 11.4. The van der Waals surface area contributed by atoms with E-state index in [0.717, 1.165) is 0 Å². The van der Waals surface area contributed by atoms with Crippen molar-refractivity contribution in [2.24, 2.45) is 5.92 Å². The van der Waals surface area contributed by atoms with Gasteiger partial charge in [-0.3, -0.25) is 0 Å². The number of aliphatic hydroxyl groups is 1. The first kappa shape index (κ1) is 14.6. The first-order chi connectivity index (χ1) is 8.47. The molecule has 1 aromatic rings. The number of hydrogen-bond donors (Lipinski definition) is 2. The predicted octanol–water partition coefficient (Wildman–Crippen LogP) is 1.18. The lowest BCUT2D eigenvalue weighted by molar-refractivity contribution is -0.141. The molecule has 0 spiro atoms. The summed E-state index contributed by atoms with van der Waals surface area (Å²) in [6.45, 7) is 5.80. The molecule has 2 N–H and O–H groups in total. The maximum Gasteiger partial charge on any atom is 0.326 e. The van der Waals surface area contributed by atoms with E-state index >= 15 is 0 Å². The first-order valence-corrected chi connectivity index (χ1v) is 6.21. The van der Waals surface area contributed by atoms with Crippen molar-refractivity contribution in [3.63, 3.8) is 0 Å². The van der Waals surface area contributed by atoms with Crippen LogP contribution >= 0.6 is 0 Å². The lowest BCUT2D eigenvalue weighted by Crippen LogP contribution is -2.24. The van der Waals surface area contributed by atoms with Crippen molar-refractivity contribution in [2.75, 3.05) is 6.61 Å². The Morgan fingerprint density at radius 2 is 2.06 bits per heavy atom. The molecule has 1 aromatic heterocycles. The van der Waals surface area contributed by atoms with Gasteiger partial charge in [0.25, 0.3) is 0 Å². The number of aryl methyl sites for hydroxylation is 2. The number of carbonyl (C=O) groups is 1. The molecule has 0 aliphatic carbocycles. The van der Waals surface area contributed by atoms with Crippen LogP contribution in [-0.2, 0) is 11.2 Å². The lowest BCUT2D eigenvalue weighted by Gasteiger charge is -2.19. The van der Waals surface area contributed by atoms with E-state index in [1.807, 2.05) is 13.8 Å². The summed E-state index contributed by atoms with van der Waals surface area (Å²) in [5.41, 5.74) is 0. The molecule has 0 bridgehead atoms. The van der Waals surface area contributed by atoms with Crippen LogP contribution < -0.4 is 0 Å². The van der Waals surface area contributed by atoms with Crippen molar-refractivity contribution in [1.82, 2.24) is 14.8 Å². The summed E-state index contributed by atoms with van der Waals surface area (Å²) >= 11 is 0. The fraction of sp³-hybridized carbons (Fsp3) is 0.750. The first-order valence-electron chi connectivity index (χ1n) is 6.21. The molecule has 0 saturated carbocycles. The van der Waals surface area contributed by atoms with Crippen molar-refractivity contribution < 1.29 is 15.0 Å². The van der Waals surface area contributed by atoms with Crippen LogP contribution in [0.1, 0.15) is 44.4 Å². The van der Waals surface area contributed by atoms with Gasteiger partial charge in [-0.2, -0.15) is 0 Å². The van der Waals surface area contributed by atoms with Gasteiger partial charge in [0.15, 0.2) is 0 Å². The van der Waals surface area contributed by atoms with Crippen LogP contribution in [0.15, 0.2) is 0 Å². The van der Waals surface area contributed by atoms with Crippen LogP contribution in [0.2, 0.25) is 0 Å². The Morgan fingerprint density at radius 3 is 2.56 bits per heavy atom. The van der Waals surface area contributed by atoms with Gasteiger partial charge in [0, 0.05) is 13.0 Å². The summed E-state index contributed by atoms with van der Waals surface area (Å²) < 4.78 is 1.68. The largest absolute Gasteiger partial charge is 0.480 e. The number of rotatable bonds is 7. The van der Waals surface area contributed by atoms with Crippen molar-refractivity contribution in [3.05, 3.63) is 11.6 Å². The van der Waals surface area contributed by atoms with Gasteiger partial charge in [0.05, 0.1) is 0 Å². The van der Waals surface area contributed by atoms with Gasteiger partial charge in [-0.25, -0.2) is 4.79 Å². The number of carboxylic acids is 1. The smallest absolute Gasteiger partial charge is 0.326 e. The average Bonchev–Trinajstić information content (AvgIpc) is 2.64. The van der Waals surface area contributed by atoms with Gasteiger partial charge in [-0.05, 0) is 25.7 Å². The molecule has 0 saturated heterocycles. The molecule has 1 rings (SSSR count). The highest BCUT2D eigenvalue weighted by Crippen LogP contribution is 2.21. The molecule has 1 atom stereocenters. The van der Waals surface area contributed by atoms with Crippen molar-refractivity contribution >= 4 is 5.97 Å². The van der Waals surface area contributed by atoms with E-state index in [1.54, 1.807) is 11.5 Å². The minimum Gasteiger partial charge on any atom is -0.480 e. The molecule has 6 heteroatoms. The average molecular weight is 255 g/mol. The predicted molar refractivity (Wildman–Crippen MR) is 66.3 cm³/mol. The van der Waals surface area contributed by atoms with E-state index in [2.05, 4.69) is 10.2 Å². The zero-order valence-corrected chi connectivity index (χ0v) is 11.1. The molecular formula is C12H21N3O3. The highest BCUT2D eigenvalue weighted by atomic mass is 16.4. The van der Waals surface area contributed by atoms with Crippen LogP contribution in [0.5, 0.6) is 0 Å². The molecule has 0 fully saturated rings. The van der Waals surface area contributed by atoms with E-state index in [0.29, 0.717) is 30.9 Å². The number of nitrogens with zero attached hydrogens (tertiary/aromatic N) is 3. The van der Waals surface area contributed by atoms with Crippen LogP contribution in [0, 0.1) is 12.8 Å². The molecule has 18 heavy (non-hydrogen) atoms. The number of aliphatic carboxylic acids is 1. The Bertz CT molecular complexity index is 401. The third-order valence-electron chi connectivity index (χ3n) is 2.79. The molecule has 0 amide bonds. The summed E-state index contributed by atoms with van der Waals surface area (Å²) in [6.07, 6.45) is 1.64. The quantitative estimate of drug-likeness (QED) is 0.764. The van der Waals surface area contributed by atoms with E-state index < -0.39 is 12.0 Å². The highest BCUT2D eigenvalue weighted by molar-refractivity contribution is 5.72. The van der Waals surface area contributed by atoms with Gasteiger partial charge in [-0.1, -0.05) is 13.8 Å². The van der Waals surface area contributed by atoms with E-state index in [-0.39, 0.29) is 12.5 Å². The van der Waals surface area contributed by atoms with Gasteiger partial charge >= 0.3 is 5.97 Å². The molecule has 1 heterocycles. The monoisotopic (exact) mass is 255 g/mol. The van der Waals surface area contributed by atoms with Crippen molar-refractivity contribution in [1.29, 1.82) is 0 Å². The van der Waals surface area contributed by atoms with E-state index in [4.69, 9.17) is 5.11 Å². The highest BCUT2D eigenvalue weighted by Gasteiger charge is 2.25. The lowest BCUT2D eigenvalue weighted by atomic mass is 10.0. The van der Waals surface area contributed by atoms with E-state index in [9.17, 15) is 9.90 Å². The SMILES string of the molecule is Cc1nnc(CCCO)n1C(CC(C)C)C(=O)O. The Morgan fingerprint density at radius 1 is 1.39 bits per heavy atom. The minimum atomic E-state index is -0.864. The second-order valence-corrected chi connectivity index (χ2v) is 4.84. The molecule has 0 aliphatic heterocycles. The third-order valence-corrected chi connectivity index (χ3v) is 2.79. The molecule has 6 nitrogen and oxygen atoms in total. The maximum atomic E-state index is 11.4. The van der Waals surface area contributed by atoms with Gasteiger partial charge in [0.1, 0.15) is 17.7 Å². The summed E-state index contributed by atoms with van der Waals surface area (Å²) in [7, 11) is 0. The molecule has 0 aromatic carbocycles. The molecule has 0 aliphatic rings. The zero-order valence-electron chi connectivity index (χ0n) is 11.1. The van der Waals surface area contributed by atoms with Crippen molar-refractivity contribution in [2.45, 2.75) is 46.1 Å². The Hall–Kier alpha value is -1.43. The number of aliphatic hydroxyl groups excluding tert-OH is 1. The van der Waals surface area contributed by atoms with E-state index in [1.165, 1.54) is 0 Å². The van der Waals surface area contributed by atoms with Crippen LogP contribution in [-0.4, -0.2) is 37.6 Å². The van der Waals surface area contributed by atoms with Crippen LogP contribution in [0.4, 0.5) is 0 Å². The van der Waals surface area contributed by atoms with Crippen molar-refractivity contribution in [3.8, 4) is 0 Å². The summed E-state index contributed by atoms with van der Waals surface area (Å²) in [4.78, 5) is 11.4. The minimum absolute atomic E-state index is 0.0633. The number of carboxylic acid groups (broad SMARTS) is 1. The molecular weight excluding hydrogens is 234 g/mol. The second kappa shape index (κ2) is 6.49. The van der Waals surface area contributed by atoms with Gasteiger partial charge < -0.3 is 14.8 Å². The zero-order chi connectivity index (χ0) is 13.7. The fourth-order valence-corrected chi connectivity index (χ4v) is 1.99. The standard InChI is InChI=1S/C12H21N3O3/c1-8(2)7-10(12(17)18)15-9(3)13-14-11(15)5-4-6-16/h8,10,16H,4-7H2,1-3H3,(H,17,18). The summed E-state index contributed by atoms with van der Waals surface area (Å²) in [5, 5.41) is 26.1. The van der Waals surface area contributed by atoms with Crippen LogP contribution in [0.25, 0.3) is 0 Å². The van der Waals surface area contributed by atoms with Gasteiger partial charge in [0.2, 0.25) is 0 Å². The number of hydrogen-bond acceptors (Lipinski definition) is 4. The fourth-order valence-electron chi connectivity index (χ4n) is 1.99. The summed E-state index contributed by atoms with van der Waals surface area (Å²) in [6, 6.07) is -0.631. The second-order valence-electron chi connectivity index (χ2n) is 4.84. The number of aromatic nitrogens is 3. The van der Waals surface area contributed by atoms with Gasteiger partial charge in [-0.15, -0.1) is 10.2 Å². The third kappa shape index (κ3) is 3.53. The molecule has 0 radical (unpaired) electrons. The van der Waals surface area contributed by atoms with Crippen LogP contribution in [0.3, 0.4) is 0 Å². The Balaban J connectivity index is 3.02.